The highest BCUT2D eigenvalue weighted by Gasteiger charge is 2.35. The molecule has 0 atom stereocenters. The van der Waals surface area contributed by atoms with E-state index in [1.54, 1.807) is 0 Å². The summed E-state index contributed by atoms with van der Waals surface area (Å²) < 4.78 is 0. The quantitative estimate of drug-likeness (QED) is 0.859. The summed E-state index contributed by atoms with van der Waals surface area (Å²) in [6.45, 7) is 4.67. The van der Waals surface area contributed by atoms with Crippen LogP contribution in [0.2, 0.25) is 5.02 Å². The second-order valence-corrected chi connectivity index (χ2v) is 7.22. The second kappa shape index (κ2) is 7.02. The number of hydrogen-bond acceptors (Lipinski definition) is 2. The topological polar surface area (TPSA) is 15.3 Å². The molecule has 1 saturated carbocycles. The lowest BCUT2D eigenvalue weighted by atomic mass is 9.68. The van der Waals surface area contributed by atoms with Gasteiger partial charge < -0.3 is 10.2 Å². The molecule has 1 saturated heterocycles. The van der Waals surface area contributed by atoms with E-state index in [-0.39, 0.29) is 0 Å². The van der Waals surface area contributed by atoms with Crippen molar-refractivity contribution in [3.8, 4) is 0 Å². The van der Waals surface area contributed by atoms with Gasteiger partial charge in [0.05, 0.1) is 10.7 Å². The fourth-order valence-electron chi connectivity index (χ4n) is 4.01. The number of halogens is 1. The van der Waals surface area contributed by atoms with Crippen molar-refractivity contribution in [2.75, 3.05) is 31.5 Å². The van der Waals surface area contributed by atoms with Gasteiger partial charge in [0.2, 0.25) is 0 Å². The minimum Gasteiger partial charge on any atom is -0.383 e. The molecule has 1 heterocycles. The molecule has 21 heavy (non-hydrogen) atoms. The van der Waals surface area contributed by atoms with Crippen LogP contribution in [0.3, 0.4) is 0 Å². The monoisotopic (exact) mass is 306 g/mol. The van der Waals surface area contributed by atoms with E-state index in [0.29, 0.717) is 5.41 Å². The fourth-order valence-corrected chi connectivity index (χ4v) is 4.21. The Kier molecular flexibility index (Phi) is 5.07. The standard InChI is InChI=1S/C18H27ClN2/c19-16-6-2-3-7-17(16)20-12-15-21-13-10-18(11-14-21)8-4-1-5-9-18/h2-3,6-7,20H,1,4-5,8-15H2. The van der Waals surface area contributed by atoms with Crippen molar-refractivity contribution >= 4 is 17.3 Å². The predicted octanol–water partition coefficient (Wildman–Crippen LogP) is 4.80. The van der Waals surface area contributed by atoms with Crippen molar-refractivity contribution in [1.82, 2.24) is 4.90 Å². The Morgan fingerprint density at radius 2 is 1.71 bits per heavy atom. The molecule has 1 aromatic carbocycles. The summed E-state index contributed by atoms with van der Waals surface area (Å²) in [7, 11) is 0. The third kappa shape index (κ3) is 3.92. The third-order valence-electron chi connectivity index (χ3n) is 5.45. The van der Waals surface area contributed by atoms with Gasteiger partial charge in [-0.3, -0.25) is 0 Å². The zero-order valence-corrected chi connectivity index (χ0v) is 13.7. The second-order valence-electron chi connectivity index (χ2n) is 6.81. The minimum atomic E-state index is 0.713. The number of anilines is 1. The Bertz CT molecular complexity index is 444. The van der Waals surface area contributed by atoms with Crippen molar-refractivity contribution in [3.05, 3.63) is 29.3 Å². The van der Waals surface area contributed by atoms with Crippen LogP contribution in [-0.4, -0.2) is 31.1 Å². The van der Waals surface area contributed by atoms with Crippen LogP contribution in [-0.2, 0) is 0 Å². The molecular weight excluding hydrogens is 280 g/mol. The van der Waals surface area contributed by atoms with Gasteiger partial charge in [-0.15, -0.1) is 0 Å². The van der Waals surface area contributed by atoms with Crippen molar-refractivity contribution in [3.63, 3.8) is 0 Å². The molecule has 2 fully saturated rings. The number of para-hydroxylation sites is 1. The minimum absolute atomic E-state index is 0.713. The Hall–Kier alpha value is -0.730. The van der Waals surface area contributed by atoms with Crippen LogP contribution in [0.15, 0.2) is 24.3 Å². The van der Waals surface area contributed by atoms with Crippen molar-refractivity contribution in [2.45, 2.75) is 44.9 Å². The Morgan fingerprint density at radius 3 is 2.43 bits per heavy atom. The zero-order valence-electron chi connectivity index (χ0n) is 12.9. The predicted molar refractivity (Wildman–Crippen MR) is 91.1 cm³/mol. The van der Waals surface area contributed by atoms with Gasteiger partial charge in [-0.2, -0.15) is 0 Å². The van der Waals surface area contributed by atoms with Gasteiger partial charge in [0.25, 0.3) is 0 Å². The molecule has 2 nitrogen and oxygen atoms in total. The Labute approximate surface area is 133 Å². The molecule has 1 aliphatic heterocycles. The average molecular weight is 307 g/mol. The van der Waals surface area contributed by atoms with Crippen molar-refractivity contribution in [2.24, 2.45) is 5.41 Å². The maximum atomic E-state index is 6.17. The highest BCUT2D eigenvalue weighted by molar-refractivity contribution is 6.33. The highest BCUT2D eigenvalue weighted by Crippen LogP contribution is 2.44. The molecule has 0 aromatic heterocycles. The SMILES string of the molecule is Clc1ccccc1NCCN1CCC2(CCCCC2)CC1. The summed E-state index contributed by atoms with van der Waals surface area (Å²) in [6.07, 6.45) is 10.2. The first kappa shape index (κ1) is 15.2. The van der Waals surface area contributed by atoms with Gasteiger partial charge in [0.1, 0.15) is 0 Å². The number of rotatable bonds is 4. The lowest BCUT2D eigenvalue weighted by Gasteiger charge is -2.44. The van der Waals surface area contributed by atoms with E-state index in [1.165, 1.54) is 58.0 Å². The van der Waals surface area contributed by atoms with Crippen LogP contribution in [0, 0.1) is 5.41 Å². The zero-order chi connectivity index (χ0) is 14.5. The van der Waals surface area contributed by atoms with Crippen molar-refractivity contribution in [1.29, 1.82) is 0 Å². The average Bonchev–Trinajstić information content (AvgIpc) is 2.52. The van der Waals surface area contributed by atoms with E-state index in [4.69, 9.17) is 11.6 Å². The largest absolute Gasteiger partial charge is 0.383 e. The van der Waals surface area contributed by atoms with Crippen LogP contribution >= 0.6 is 11.6 Å². The molecule has 116 valence electrons. The summed E-state index contributed by atoms with van der Waals surface area (Å²) in [5.41, 5.74) is 1.77. The fraction of sp³-hybridized carbons (Fsp3) is 0.667. The lowest BCUT2D eigenvalue weighted by molar-refractivity contribution is 0.0699. The third-order valence-corrected chi connectivity index (χ3v) is 5.78. The number of hydrogen-bond donors (Lipinski definition) is 1. The Balaban J connectivity index is 1.40. The van der Waals surface area contributed by atoms with E-state index in [1.807, 2.05) is 18.2 Å². The van der Waals surface area contributed by atoms with Crippen LogP contribution < -0.4 is 5.32 Å². The van der Waals surface area contributed by atoms with E-state index < -0.39 is 0 Å². The number of piperidine rings is 1. The van der Waals surface area contributed by atoms with Gasteiger partial charge >= 0.3 is 0 Å². The van der Waals surface area contributed by atoms with Gasteiger partial charge in [0.15, 0.2) is 0 Å². The summed E-state index contributed by atoms with van der Waals surface area (Å²) in [6, 6.07) is 8.00. The Morgan fingerprint density at radius 1 is 1.00 bits per heavy atom. The molecule has 1 aliphatic carbocycles. The first-order valence-electron chi connectivity index (χ1n) is 8.48. The lowest BCUT2D eigenvalue weighted by Crippen LogP contribution is -2.42. The van der Waals surface area contributed by atoms with Gasteiger partial charge in [-0.1, -0.05) is 43.0 Å². The maximum Gasteiger partial charge on any atom is 0.0637 e. The molecule has 1 spiro atoms. The number of nitrogens with one attached hydrogen (secondary N) is 1. The normalized spacial score (nSPS) is 22.3. The van der Waals surface area contributed by atoms with Crippen molar-refractivity contribution < 1.29 is 0 Å². The maximum absolute atomic E-state index is 6.17. The van der Waals surface area contributed by atoms with E-state index in [0.717, 1.165) is 23.8 Å². The molecule has 0 amide bonds. The number of likely N-dealkylation sites (tertiary alicyclic amines) is 1. The molecule has 2 aliphatic rings. The van der Waals surface area contributed by atoms with Crippen LogP contribution in [0.1, 0.15) is 44.9 Å². The number of nitrogens with zero attached hydrogens (tertiary/aromatic N) is 1. The summed E-state index contributed by atoms with van der Waals surface area (Å²) in [5, 5.41) is 4.27. The van der Waals surface area contributed by atoms with Crippen LogP contribution in [0.4, 0.5) is 5.69 Å². The molecule has 0 unspecified atom stereocenters. The molecule has 0 radical (unpaired) electrons. The summed E-state index contributed by atoms with van der Waals surface area (Å²) >= 11 is 6.17. The van der Waals surface area contributed by atoms with E-state index in [2.05, 4.69) is 16.3 Å². The molecule has 1 N–H and O–H groups in total. The van der Waals surface area contributed by atoms with Gasteiger partial charge in [-0.25, -0.2) is 0 Å². The molecule has 3 rings (SSSR count). The molecule has 3 heteroatoms. The van der Waals surface area contributed by atoms with E-state index >= 15 is 0 Å². The molecular formula is C18H27ClN2. The smallest absolute Gasteiger partial charge is 0.0637 e. The van der Waals surface area contributed by atoms with Gasteiger partial charge in [0, 0.05) is 13.1 Å². The highest BCUT2D eigenvalue weighted by atomic mass is 35.5. The number of benzene rings is 1. The molecule has 1 aromatic rings. The molecule has 0 bridgehead atoms. The first-order valence-corrected chi connectivity index (χ1v) is 8.86. The summed E-state index contributed by atoms with van der Waals surface area (Å²) in [4.78, 5) is 2.61. The summed E-state index contributed by atoms with van der Waals surface area (Å²) in [5.74, 6) is 0. The van der Waals surface area contributed by atoms with Gasteiger partial charge in [-0.05, 0) is 56.3 Å². The first-order chi connectivity index (χ1) is 10.3. The van der Waals surface area contributed by atoms with Crippen LogP contribution in [0.5, 0.6) is 0 Å². The van der Waals surface area contributed by atoms with Crippen LogP contribution in [0.25, 0.3) is 0 Å². The van der Waals surface area contributed by atoms with E-state index in [9.17, 15) is 0 Å².